The summed E-state index contributed by atoms with van der Waals surface area (Å²) >= 11 is 5.28. The Morgan fingerprint density at radius 1 is 0.935 bits per heavy atom. The summed E-state index contributed by atoms with van der Waals surface area (Å²) in [4.78, 5) is 1.26. The van der Waals surface area contributed by atoms with Gasteiger partial charge in [-0.3, -0.25) is 0 Å². The second kappa shape index (κ2) is 11.7. The summed E-state index contributed by atoms with van der Waals surface area (Å²) in [7, 11) is 0. The van der Waals surface area contributed by atoms with Crippen molar-refractivity contribution in [3.8, 4) is 5.75 Å². The van der Waals surface area contributed by atoms with Gasteiger partial charge in [-0.25, -0.2) is 0 Å². The lowest BCUT2D eigenvalue weighted by atomic mass is 9.78. The molecule has 3 nitrogen and oxygen atoms in total. The van der Waals surface area contributed by atoms with Crippen LogP contribution in [0.25, 0.3) is 0 Å². The first-order chi connectivity index (χ1) is 14.9. The first-order valence-corrected chi connectivity index (χ1v) is 12.4. The third-order valence-electron chi connectivity index (χ3n) is 5.36. The molecule has 0 aliphatic heterocycles. The first kappa shape index (κ1) is 23.9. The Labute approximate surface area is 198 Å². The third kappa shape index (κ3) is 7.39. The van der Waals surface area contributed by atoms with Crippen molar-refractivity contribution in [1.29, 1.82) is 0 Å². The first-order valence-electron chi connectivity index (χ1n) is 10.6. The van der Waals surface area contributed by atoms with E-state index < -0.39 is 6.10 Å². The molecule has 0 heterocycles. The van der Waals surface area contributed by atoms with Gasteiger partial charge in [-0.15, -0.1) is 11.8 Å². The minimum atomic E-state index is -0.488. The number of hydrogen-bond donors (Lipinski definition) is 2. The van der Waals surface area contributed by atoms with Gasteiger partial charge >= 0.3 is 0 Å². The second-order valence-electron chi connectivity index (χ2n) is 8.10. The monoisotopic (exact) mass is 500 g/mol. The number of halogens is 1. The zero-order chi connectivity index (χ0) is 22.1. The zero-order valence-electron chi connectivity index (χ0n) is 18.1. The largest absolute Gasteiger partial charge is 0.491 e. The van der Waals surface area contributed by atoms with Gasteiger partial charge in [0.05, 0.1) is 6.54 Å². The fourth-order valence-electron chi connectivity index (χ4n) is 3.35. The Morgan fingerprint density at radius 2 is 1.58 bits per heavy atom. The normalized spacial score (nSPS) is 12.5. The number of ether oxygens (including phenoxy) is 1. The molecule has 3 aromatic carbocycles. The third-order valence-corrected chi connectivity index (χ3v) is 6.93. The van der Waals surface area contributed by atoms with Gasteiger partial charge in [0.2, 0.25) is 0 Å². The number of thioether (sulfide) groups is 1. The van der Waals surface area contributed by atoms with Crippen molar-refractivity contribution < 1.29 is 15.2 Å². The van der Waals surface area contributed by atoms with Gasteiger partial charge in [-0.05, 0) is 47.5 Å². The summed E-state index contributed by atoms with van der Waals surface area (Å²) in [5.41, 5.74) is 2.46. The highest BCUT2D eigenvalue weighted by molar-refractivity contribution is 9.10. The number of nitrogens with two attached hydrogens (primary N) is 1. The molecule has 0 amide bonds. The van der Waals surface area contributed by atoms with Crippen LogP contribution in [0.15, 0.2) is 88.2 Å². The Morgan fingerprint density at radius 3 is 2.26 bits per heavy atom. The van der Waals surface area contributed by atoms with Gasteiger partial charge in [0.15, 0.2) is 0 Å². The predicted molar refractivity (Wildman–Crippen MR) is 133 cm³/mol. The van der Waals surface area contributed by atoms with Crippen molar-refractivity contribution in [2.24, 2.45) is 0 Å². The lowest BCUT2D eigenvalue weighted by Crippen LogP contribution is -2.87. The molecule has 3 rings (SSSR count). The smallest absolute Gasteiger partial charge is 0.137 e. The summed E-state index contributed by atoms with van der Waals surface area (Å²) < 4.78 is 6.90. The quantitative estimate of drug-likeness (QED) is 0.291. The van der Waals surface area contributed by atoms with Crippen molar-refractivity contribution in [1.82, 2.24) is 0 Å². The minimum Gasteiger partial charge on any atom is -0.491 e. The van der Waals surface area contributed by atoms with Crippen LogP contribution < -0.4 is 10.1 Å². The lowest BCUT2D eigenvalue weighted by molar-refractivity contribution is -0.657. The number of hydrogen-bond acceptors (Lipinski definition) is 3. The molecule has 0 fully saturated rings. The van der Waals surface area contributed by atoms with E-state index in [0.29, 0.717) is 13.2 Å². The van der Waals surface area contributed by atoms with E-state index >= 15 is 0 Å². The van der Waals surface area contributed by atoms with Crippen LogP contribution in [0.1, 0.15) is 25.0 Å². The molecule has 0 spiro atoms. The molecule has 0 saturated heterocycles. The molecule has 31 heavy (non-hydrogen) atoms. The summed E-state index contributed by atoms with van der Waals surface area (Å²) in [6.07, 6.45) is -0.488. The highest BCUT2D eigenvalue weighted by Crippen LogP contribution is 2.32. The van der Waals surface area contributed by atoms with Gasteiger partial charge in [0.25, 0.3) is 0 Å². The molecular weight excluding hydrogens is 470 g/mol. The number of quaternary nitrogens is 1. The minimum absolute atomic E-state index is 0.0669. The van der Waals surface area contributed by atoms with Crippen LogP contribution >= 0.6 is 27.7 Å². The molecule has 3 N–H and O–H groups in total. The zero-order valence-corrected chi connectivity index (χ0v) is 20.5. The van der Waals surface area contributed by atoms with Gasteiger partial charge in [-0.2, -0.15) is 0 Å². The molecule has 0 saturated carbocycles. The maximum atomic E-state index is 10.2. The topological polar surface area (TPSA) is 46.1 Å². The summed E-state index contributed by atoms with van der Waals surface area (Å²) in [5, 5.41) is 12.4. The van der Waals surface area contributed by atoms with Crippen LogP contribution in [0.5, 0.6) is 5.75 Å². The maximum absolute atomic E-state index is 10.2. The van der Waals surface area contributed by atoms with Crippen LogP contribution in [0.2, 0.25) is 0 Å². The Kier molecular flexibility index (Phi) is 9.02. The molecule has 3 aromatic rings. The molecule has 0 unspecified atom stereocenters. The van der Waals surface area contributed by atoms with E-state index in [1.165, 1.54) is 16.0 Å². The summed E-state index contributed by atoms with van der Waals surface area (Å²) in [6, 6.07) is 27.1. The van der Waals surface area contributed by atoms with E-state index in [1.54, 1.807) is 0 Å². The van der Waals surface area contributed by atoms with Crippen molar-refractivity contribution in [2.75, 3.05) is 25.4 Å². The second-order valence-corrected chi connectivity index (χ2v) is 10.2. The summed E-state index contributed by atoms with van der Waals surface area (Å²) in [6.45, 7) is 6.36. The van der Waals surface area contributed by atoms with Gasteiger partial charge in [0.1, 0.15) is 25.0 Å². The van der Waals surface area contributed by atoms with Gasteiger partial charge in [0, 0.05) is 20.5 Å². The fraction of sp³-hybridized carbons (Fsp3) is 0.308. The van der Waals surface area contributed by atoms with Crippen molar-refractivity contribution in [3.63, 3.8) is 0 Å². The molecular formula is C26H31BrNO2S+. The molecule has 0 aliphatic carbocycles. The van der Waals surface area contributed by atoms with E-state index in [2.05, 4.69) is 95.8 Å². The number of rotatable bonds is 11. The Balaban J connectivity index is 1.37. The average molecular weight is 502 g/mol. The maximum Gasteiger partial charge on any atom is 0.137 e. The van der Waals surface area contributed by atoms with Crippen LogP contribution in [-0.4, -0.2) is 36.7 Å². The van der Waals surface area contributed by atoms with E-state index in [0.717, 1.165) is 22.5 Å². The lowest BCUT2D eigenvalue weighted by Gasteiger charge is -2.26. The van der Waals surface area contributed by atoms with Crippen LogP contribution in [0, 0.1) is 0 Å². The van der Waals surface area contributed by atoms with Crippen LogP contribution in [-0.2, 0) is 5.41 Å². The van der Waals surface area contributed by atoms with Crippen molar-refractivity contribution in [2.45, 2.75) is 30.3 Å². The molecule has 0 bridgehead atoms. The van der Waals surface area contributed by atoms with E-state index in [1.807, 2.05) is 30.0 Å². The molecule has 164 valence electrons. The highest BCUT2D eigenvalue weighted by Gasteiger charge is 2.22. The predicted octanol–water partition coefficient (Wildman–Crippen LogP) is 4.87. The van der Waals surface area contributed by atoms with Crippen LogP contribution in [0.4, 0.5) is 0 Å². The fourth-order valence-corrected chi connectivity index (χ4v) is 4.46. The van der Waals surface area contributed by atoms with Gasteiger partial charge in [-0.1, -0.05) is 72.2 Å². The molecule has 0 radical (unpaired) electrons. The Hall–Kier alpha value is -1.79. The molecule has 5 heteroatoms. The van der Waals surface area contributed by atoms with E-state index in [4.69, 9.17) is 4.74 Å². The number of aliphatic hydroxyl groups is 1. The van der Waals surface area contributed by atoms with Crippen LogP contribution in [0.3, 0.4) is 0 Å². The van der Waals surface area contributed by atoms with Gasteiger partial charge < -0.3 is 15.2 Å². The van der Waals surface area contributed by atoms with E-state index in [9.17, 15) is 5.11 Å². The average Bonchev–Trinajstić information content (AvgIpc) is 2.79. The summed E-state index contributed by atoms with van der Waals surface area (Å²) in [5.74, 6) is 1.80. The van der Waals surface area contributed by atoms with Crippen molar-refractivity contribution in [3.05, 3.63) is 94.5 Å². The highest BCUT2D eigenvalue weighted by atomic mass is 79.9. The van der Waals surface area contributed by atoms with Crippen molar-refractivity contribution >= 4 is 27.7 Å². The molecule has 1 atom stereocenters. The SMILES string of the molecule is CC(C)(c1ccccc1)c1ccc(OC[C@@H](O)C[NH2+]CCSc2ccc(Br)cc2)cc1. The molecule has 0 aliphatic rings. The Bertz CT molecular complexity index is 914. The number of aliphatic hydroxyl groups excluding tert-OH is 1. The van der Waals surface area contributed by atoms with E-state index in [-0.39, 0.29) is 5.41 Å². The standard InChI is InChI=1S/C26H30BrNO2S/c1-26(2,20-6-4-3-5-7-20)21-8-12-24(13-9-21)30-19-23(29)18-28-16-17-31-25-14-10-22(27)11-15-25/h3-15,23,28-29H,16-19H2,1-2H3/p+1/t23-/m0/s1. The number of benzene rings is 3. The molecule has 0 aromatic heterocycles.